The molecule has 2 aromatic carbocycles. The van der Waals surface area contributed by atoms with Gasteiger partial charge >= 0.3 is 23.5 Å². The van der Waals surface area contributed by atoms with E-state index in [4.69, 9.17) is 9.47 Å². The number of aromatic nitrogens is 2. The van der Waals surface area contributed by atoms with E-state index in [0.29, 0.717) is 16.8 Å². The third-order valence-corrected chi connectivity index (χ3v) is 4.12. The molecule has 0 bridgehead atoms. The molecule has 3 rings (SSSR count). The molecule has 32 heavy (non-hydrogen) atoms. The van der Waals surface area contributed by atoms with Crippen LogP contribution in [0.4, 0.5) is 17.2 Å². The van der Waals surface area contributed by atoms with Crippen molar-refractivity contribution in [3.63, 3.8) is 0 Å². The molecule has 1 heterocycles. The second-order valence-electron chi connectivity index (χ2n) is 6.17. The Labute approximate surface area is 182 Å². The molecule has 0 saturated heterocycles. The van der Waals surface area contributed by atoms with Crippen molar-refractivity contribution in [3.05, 3.63) is 76.1 Å². The van der Waals surface area contributed by atoms with E-state index in [-0.39, 0.29) is 24.1 Å². The van der Waals surface area contributed by atoms with Crippen LogP contribution in [0.15, 0.2) is 54.9 Å². The van der Waals surface area contributed by atoms with E-state index in [1.807, 2.05) is 0 Å². The lowest BCUT2D eigenvalue weighted by Gasteiger charge is -2.10. The number of carbonyl (C=O) groups excluding carboxylic acids is 2. The molecule has 1 N–H and O–H groups in total. The Morgan fingerprint density at radius 1 is 1.00 bits per heavy atom. The summed E-state index contributed by atoms with van der Waals surface area (Å²) in [5.41, 5.74) is 0.604. The highest BCUT2D eigenvalue weighted by Gasteiger charge is 2.25. The number of hydrogen-bond donors (Lipinski definition) is 1. The van der Waals surface area contributed by atoms with E-state index >= 15 is 0 Å². The summed E-state index contributed by atoms with van der Waals surface area (Å²) in [5, 5.41) is 14.5. The maximum absolute atomic E-state index is 11.8. The first-order valence-electron chi connectivity index (χ1n) is 9.32. The molecule has 0 aliphatic heterocycles. The highest BCUT2D eigenvalue weighted by molar-refractivity contribution is 5.90. The van der Waals surface area contributed by atoms with Crippen molar-refractivity contribution in [3.8, 4) is 11.6 Å². The topological polar surface area (TPSA) is 143 Å². The lowest BCUT2D eigenvalue weighted by molar-refractivity contribution is -0.385. The molecule has 11 nitrogen and oxygen atoms in total. The molecule has 0 radical (unpaired) electrons. The first-order chi connectivity index (χ1) is 15.4. The molecule has 0 fully saturated rings. The van der Waals surface area contributed by atoms with Gasteiger partial charge in [0.05, 0.1) is 29.8 Å². The number of nitrogens with one attached hydrogen (secondary N) is 1. The van der Waals surface area contributed by atoms with Crippen LogP contribution in [0, 0.1) is 10.1 Å². The van der Waals surface area contributed by atoms with Gasteiger partial charge in [0, 0.05) is 5.69 Å². The van der Waals surface area contributed by atoms with Gasteiger partial charge < -0.3 is 19.5 Å². The maximum atomic E-state index is 11.8. The van der Waals surface area contributed by atoms with Crippen LogP contribution < -0.4 is 10.1 Å². The van der Waals surface area contributed by atoms with Crippen LogP contribution in [-0.2, 0) is 9.47 Å². The van der Waals surface area contributed by atoms with Crippen molar-refractivity contribution in [2.75, 3.05) is 19.0 Å². The Morgan fingerprint density at radius 3 is 2.22 bits per heavy atom. The molecule has 0 atom stereocenters. The highest BCUT2D eigenvalue weighted by Crippen LogP contribution is 2.35. The van der Waals surface area contributed by atoms with Crippen LogP contribution in [0.2, 0.25) is 0 Å². The summed E-state index contributed by atoms with van der Waals surface area (Å²) in [4.78, 5) is 42.1. The van der Waals surface area contributed by atoms with E-state index in [0.717, 1.165) is 6.33 Å². The lowest BCUT2D eigenvalue weighted by atomic mass is 10.2. The van der Waals surface area contributed by atoms with Gasteiger partial charge in [-0.3, -0.25) is 10.1 Å². The van der Waals surface area contributed by atoms with Gasteiger partial charge in [-0.25, -0.2) is 14.6 Å². The standard InChI is InChI=1S/C21H18N4O7/c1-3-31-21(27)14-4-8-15(9-5-14)24-18-17(25(28)29)19(23-12-22-18)32-16-10-6-13(7-11-16)20(26)30-2/h4-12H,3H2,1-2H3,(H,22,23,24). The first-order valence-corrected chi connectivity index (χ1v) is 9.32. The molecule has 0 spiro atoms. The van der Waals surface area contributed by atoms with E-state index in [1.165, 1.54) is 43.5 Å². The Hall–Kier alpha value is -4.54. The number of benzene rings is 2. The molecule has 1 aromatic heterocycles. The monoisotopic (exact) mass is 438 g/mol. The Bertz CT molecular complexity index is 1130. The summed E-state index contributed by atoms with van der Waals surface area (Å²) < 4.78 is 15.1. The van der Waals surface area contributed by atoms with Crippen LogP contribution in [0.3, 0.4) is 0 Å². The number of esters is 2. The van der Waals surface area contributed by atoms with Crippen molar-refractivity contribution in [1.82, 2.24) is 9.97 Å². The average Bonchev–Trinajstić information content (AvgIpc) is 2.79. The highest BCUT2D eigenvalue weighted by atomic mass is 16.6. The van der Waals surface area contributed by atoms with Gasteiger partial charge in [-0.2, -0.15) is 4.98 Å². The second-order valence-corrected chi connectivity index (χ2v) is 6.17. The number of carbonyl (C=O) groups is 2. The molecule has 0 saturated carbocycles. The van der Waals surface area contributed by atoms with Crippen molar-refractivity contribution in [2.45, 2.75) is 6.92 Å². The number of nitro groups is 1. The first kappa shape index (κ1) is 22.2. The number of rotatable bonds is 8. The minimum atomic E-state index is -0.673. The van der Waals surface area contributed by atoms with Crippen molar-refractivity contribution in [1.29, 1.82) is 0 Å². The van der Waals surface area contributed by atoms with E-state index in [2.05, 4.69) is 20.0 Å². The molecular formula is C21H18N4O7. The molecular weight excluding hydrogens is 420 g/mol. The SMILES string of the molecule is CCOC(=O)c1ccc(Nc2ncnc(Oc3ccc(C(=O)OC)cc3)c2[N+](=O)[O-])cc1. The lowest BCUT2D eigenvalue weighted by Crippen LogP contribution is -2.05. The van der Waals surface area contributed by atoms with Gasteiger partial charge in [0.2, 0.25) is 5.82 Å². The number of nitrogens with zero attached hydrogens (tertiary/aromatic N) is 3. The molecule has 0 unspecified atom stereocenters. The minimum absolute atomic E-state index is 0.102. The summed E-state index contributed by atoms with van der Waals surface area (Å²) >= 11 is 0. The minimum Gasteiger partial charge on any atom is -0.465 e. The Kier molecular flexibility index (Phi) is 6.91. The fourth-order valence-corrected chi connectivity index (χ4v) is 2.62. The van der Waals surface area contributed by atoms with Crippen LogP contribution in [0.1, 0.15) is 27.6 Å². The van der Waals surface area contributed by atoms with E-state index in [1.54, 1.807) is 19.1 Å². The summed E-state index contributed by atoms with van der Waals surface area (Å²) in [6, 6.07) is 12.0. The second kappa shape index (κ2) is 9.98. The number of hydrogen-bond acceptors (Lipinski definition) is 10. The summed E-state index contributed by atoms with van der Waals surface area (Å²) in [6.07, 6.45) is 1.11. The van der Waals surface area contributed by atoms with Crippen LogP contribution >= 0.6 is 0 Å². The number of ether oxygens (including phenoxy) is 3. The average molecular weight is 438 g/mol. The predicted octanol–water partition coefficient (Wildman–Crippen LogP) is 3.88. The fourth-order valence-electron chi connectivity index (χ4n) is 2.62. The summed E-state index contributed by atoms with van der Waals surface area (Å²) in [6.45, 7) is 1.95. The molecule has 164 valence electrons. The van der Waals surface area contributed by atoms with Crippen LogP contribution in [0.25, 0.3) is 0 Å². The van der Waals surface area contributed by atoms with Gasteiger partial charge in [0.1, 0.15) is 12.1 Å². The normalized spacial score (nSPS) is 10.2. The summed E-state index contributed by atoms with van der Waals surface area (Å²) in [5.74, 6) is -1.16. The maximum Gasteiger partial charge on any atom is 0.373 e. The fraction of sp³-hybridized carbons (Fsp3) is 0.143. The van der Waals surface area contributed by atoms with Crippen molar-refractivity contribution in [2.24, 2.45) is 0 Å². The van der Waals surface area contributed by atoms with Crippen LogP contribution in [0.5, 0.6) is 11.6 Å². The molecule has 0 aliphatic rings. The Balaban J connectivity index is 1.84. The summed E-state index contributed by atoms with van der Waals surface area (Å²) in [7, 11) is 1.26. The number of methoxy groups -OCH3 is 1. The van der Waals surface area contributed by atoms with Gasteiger partial charge in [-0.1, -0.05) is 0 Å². The Morgan fingerprint density at radius 2 is 1.62 bits per heavy atom. The predicted molar refractivity (Wildman–Crippen MR) is 112 cm³/mol. The largest absolute Gasteiger partial charge is 0.465 e. The third-order valence-electron chi connectivity index (χ3n) is 4.12. The molecule has 11 heteroatoms. The third kappa shape index (κ3) is 5.14. The van der Waals surface area contributed by atoms with Gasteiger partial charge in [-0.15, -0.1) is 0 Å². The zero-order valence-corrected chi connectivity index (χ0v) is 17.1. The van der Waals surface area contributed by atoms with Gasteiger partial charge in [0.25, 0.3) is 0 Å². The zero-order valence-electron chi connectivity index (χ0n) is 17.1. The van der Waals surface area contributed by atoms with Crippen LogP contribution in [-0.4, -0.2) is 40.5 Å². The van der Waals surface area contributed by atoms with Gasteiger partial charge in [0.15, 0.2) is 0 Å². The van der Waals surface area contributed by atoms with Crippen molar-refractivity contribution >= 4 is 29.1 Å². The molecule has 3 aromatic rings. The molecule has 0 aliphatic carbocycles. The van der Waals surface area contributed by atoms with E-state index < -0.39 is 22.5 Å². The van der Waals surface area contributed by atoms with Gasteiger partial charge in [-0.05, 0) is 55.5 Å². The molecule has 0 amide bonds. The number of anilines is 2. The smallest absolute Gasteiger partial charge is 0.373 e. The van der Waals surface area contributed by atoms with Crippen molar-refractivity contribution < 1.29 is 28.7 Å². The van der Waals surface area contributed by atoms with E-state index in [9.17, 15) is 19.7 Å². The quantitative estimate of drug-likeness (QED) is 0.312. The zero-order chi connectivity index (χ0) is 23.1.